The third-order valence-corrected chi connectivity index (χ3v) is 2.32. The molecule has 0 saturated heterocycles. The van der Waals surface area contributed by atoms with Crippen LogP contribution in [-0.4, -0.2) is 10.6 Å². The molecule has 0 aliphatic carbocycles. The van der Waals surface area contributed by atoms with Crippen LogP contribution in [-0.2, 0) is 11.4 Å². The van der Waals surface area contributed by atoms with Crippen LogP contribution in [0.1, 0.15) is 26.3 Å². The Kier molecular flexibility index (Phi) is 2.99. The molecule has 0 aliphatic rings. The zero-order valence-corrected chi connectivity index (χ0v) is 10.0. The van der Waals surface area contributed by atoms with Crippen LogP contribution in [0.15, 0.2) is 30.5 Å². The third-order valence-electron chi connectivity index (χ3n) is 2.32. The van der Waals surface area contributed by atoms with E-state index < -0.39 is 0 Å². The molecule has 1 aromatic heterocycles. The molecule has 0 saturated carbocycles. The summed E-state index contributed by atoms with van der Waals surface area (Å²) in [6.07, 6.45) is 2.02. The Bertz CT molecular complexity index is 468. The fourth-order valence-corrected chi connectivity index (χ4v) is 1.61. The summed E-state index contributed by atoms with van der Waals surface area (Å²) in [6, 6.07) is 8.26. The molecule has 1 heterocycles. The average Bonchev–Trinajstić information content (AvgIpc) is 2.60. The first-order valence-electron chi connectivity index (χ1n) is 5.52. The highest BCUT2D eigenvalue weighted by molar-refractivity contribution is 5.82. The number of aromatic nitrogens is 1. The molecule has 0 atom stereocenters. The van der Waals surface area contributed by atoms with Gasteiger partial charge in [-0.15, -0.1) is 0 Å². The lowest BCUT2D eigenvalue weighted by Crippen LogP contribution is -2.28. The molecule has 2 N–H and O–H groups in total. The fourth-order valence-electron chi connectivity index (χ4n) is 1.61. The molecule has 0 unspecified atom stereocenters. The highest BCUT2D eigenvalue weighted by atomic mass is 16.7. The number of hydroxylamine groups is 1. The molecule has 2 rings (SSSR count). The summed E-state index contributed by atoms with van der Waals surface area (Å²) in [7, 11) is 0. The second-order valence-corrected chi connectivity index (χ2v) is 4.90. The summed E-state index contributed by atoms with van der Waals surface area (Å²) >= 11 is 0. The van der Waals surface area contributed by atoms with E-state index in [0.717, 1.165) is 5.52 Å². The van der Waals surface area contributed by atoms with Gasteiger partial charge in [0.05, 0.1) is 5.60 Å². The first-order valence-corrected chi connectivity index (χ1v) is 5.52. The second kappa shape index (κ2) is 4.28. The highest BCUT2D eigenvalue weighted by Gasteiger charge is 2.10. The van der Waals surface area contributed by atoms with Crippen LogP contribution in [0.4, 0.5) is 0 Å². The fraction of sp³-hybridized carbons (Fsp3) is 0.385. The molecule has 3 nitrogen and oxygen atoms in total. The quantitative estimate of drug-likeness (QED) is 0.777. The van der Waals surface area contributed by atoms with E-state index in [4.69, 9.17) is 4.84 Å². The Morgan fingerprint density at radius 2 is 2.00 bits per heavy atom. The van der Waals surface area contributed by atoms with Gasteiger partial charge < -0.3 is 4.98 Å². The molecule has 0 radical (unpaired) electrons. The first-order chi connectivity index (χ1) is 7.56. The standard InChI is InChI=1S/C13H18N2O/c1-13(2,3)16-15-9-10-8-14-12-7-5-4-6-11(10)12/h4-8,14-15H,9H2,1-3H3. The van der Waals surface area contributed by atoms with Crippen molar-refractivity contribution in [2.45, 2.75) is 32.9 Å². The van der Waals surface area contributed by atoms with Gasteiger partial charge in [-0.3, -0.25) is 4.84 Å². The van der Waals surface area contributed by atoms with Crippen molar-refractivity contribution in [1.29, 1.82) is 0 Å². The van der Waals surface area contributed by atoms with Gasteiger partial charge in [0.15, 0.2) is 0 Å². The zero-order valence-electron chi connectivity index (χ0n) is 10.0. The Morgan fingerprint density at radius 1 is 1.25 bits per heavy atom. The maximum absolute atomic E-state index is 5.49. The predicted molar refractivity (Wildman–Crippen MR) is 66.0 cm³/mol. The minimum absolute atomic E-state index is 0.161. The van der Waals surface area contributed by atoms with Gasteiger partial charge in [-0.2, -0.15) is 5.48 Å². The molecule has 0 aliphatic heterocycles. The van der Waals surface area contributed by atoms with Crippen LogP contribution >= 0.6 is 0 Å². The van der Waals surface area contributed by atoms with Crippen molar-refractivity contribution < 1.29 is 4.84 Å². The molecule has 0 amide bonds. The highest BCUT2D eigenvalue weighted by Crippen LogP contribution is 2.17. The third kappa shape index (κ3) is 2.62. The Morgan fingerprint density at radius 3 is 2.75 bits per heavy atom. The van der Waals surface area contributed by atoms with Gasteiger partial charge in [0.2, 0.25) is 0 Å². The van der Waals surface area contributed by atoms with E-state index in [1.165, 1.54) is 10.9 Å². The maximum atomic E-state index is 5.49. The topological polar surface area (TPSA) is 37.0 Å². The largest absolute Gasteiger partial charge is 0.361 e. The normalized spacial score (nSPS) is 12.2. The molecule has 0 spiro atoms. The number of benzene rings is 1. The summed E-state index contributed by atoms with van der Waals surface area (Å²) in [6.45, 7) is 6.78. The van der Waals surface area contributed by atoms with E-state index in [-0.39, 0.29) is 5.60 Å². The number of H-pyrrole nitrogens is 1. The summed E-state index contributed by atoms with van der Waals surface area (Å²) in [5.41, 5.74) is 5.22. The van der Waals surface area contributed by atoms with Gasteiger partial charge >= 0.3 is 0 Å². The van der Waals surface area contributed by atoms with Crippen LogP contribution in [0.3, 0.4) is 0 Å². The van der Waals surface area contributed by atoms with E-state index in [1.807, 2.05) is 39.1 Å². The van der Waals surface area contributed by atoms with Crippen molar-refractivity contribution in [3.05, 3.63) is 36.0 Å². The van der Waals surface area contributed by atoms with Crippen LogP contribution in [0.5, 0.6) is 0 Å². The lowest BCUT2D eigenvalue weighted by molar-refractivity contribution is -0.0756. The first kappa shape index (κ1) is 11.2. The summed E-state index contributed by atoms with van der Waals surface area (Å²) in [5.74, 6) is 0. The van der Waals surface area contributed by atoms with Gasteiger partial charge in [-0.1, -0.05) is 18.2 Å². The van der Waals surface area contributed by atoms with Crippen LogP contribution < -0.4 is 5.48 Å². The van der Waals surface area contributed by atoms with Crippen molar-refractivity contribution in [2.75, 3.05) is 0 Å². The van der Waals surface area contributed by atoms with E-state index in [1.54, 1.807) is 0 Å². The number of fused-ring (bicyclic) bond motifs is 1. The van der Waals surface area contributed by atoms with E-state index in [0.29, 0.717) is 6.54 Å². The number of hydrogen-bond acceptors (Lipinski definition) is 2. The summed E-state index contributed by atoms with van der Waals surface area (Å²) in [4.78, 5) is 8.73. The molecule has 3 heteroatoms. The predicted octanol–water partition coefficient (Wildman–Crippen LogP) is 2.99. The van der Waals surface area contributed by atoms with Crippen LogP contribution in [0.25, 0.3) is 10.9 Å². The minimum atomic E-state index is -0.161. The van der Waals surface area contributed by atoms with Gasteiger partial charge in [-0.25, -0.2) is 0 Å². The molecule has 16 heavy (non-hydrogen) atoms. The molecule has 2 aromatic rings. The maximum Gasteiger partial charge on any atom is 0.0813 e. The number of hydrogen-bond donors (Lipinski definition) is 2. The van der Waals surface area contributed by atoms with Gasteiger partial charge in [0, 0.05) is 23.6 Å². The van der Waals surface area contributed by atoms with E-state index >= 15 is 0 Å². The molecule has 86 valence electrons. The number of nitrogens with one attached hydrogen (secondary N) is 2. The number of para-hydroxylation sites is 1. The Hall–Kier alpha value is -1.32. The van der Waals surface area contributed by atoms with Crippen molar-refractivity contribution in [3.8, 4) is 0 Å². The van der Waals surface area contributed by atoms with E-state index in [9.17, 15) is 0 Å². The van der Waals surface area contributed by atoms with Crippen LogP contribution in [0.2, 0.25) is 0 Å². The molecular weight excluding hydrogens is 200 g/mol. The average molecular weight is 218 g/mol. The lowest BCUT2D eigenvalue weighted by atomic mass is 10.2. The molecule has 1 aromatic carbocycles. The smallest absolute Gasteiger partial charge is 0.0813 e. The summed E-state index contributed by atoms with van der Waals surface area (Å²) in [5, 5.41) is 1.24. The monoisotopic (exact) mass is 218 g/mol. The summed E-state index contributed by atoms with van der Waals surface area (Å²) < 4.78 is 0. The minimum Gasteiger partial charge on any atom is -0.361 e. The van der Waals surface area contributed by atoms with E-state index in [2.05, 4.69) is 22.6 Å². The number of rotatable bonds is 3. The van der Waals surface area contributed by atoms with Crippen molar-refractivity contribution in [3.63, 3.8) is 0 Å². The van der Waals surface area contributed by atoms with Gasteiger partial charge in [0.1, 0.15) is 0 Å². The van der Waals surface area contributed by atoms with Crippen LogP contribution in [0, 0.1) is 0 Å². The Balaban J connectivity index is 2.05. The van der Waals surface area contributed by atoms with Crippen molar-refractivity contribution >= 4 is 10.9 Å². The van der Waals surface area contributed by atoms with Gasteiger partial charge in [0.25, 0.3) is 0 Å². The van der Waals surface area contributed by atoms with Crippen molar-refractivity contribution in [2.24, 2.45) is 0 Å². The van der Waals surface area contributed by atoms with Gasteiger partial charge in [-0.05, 0) is 32.4 Å². The van der Waals surface area contributed by atoms with Crippen molar-refractivity contribution in [1.82, 2.24) is 10.5 Å². The zero-order chi connectivity index (χ0) is 11.6. The molecular formula is C13H18N2O. The second-order valence-electron chi connectivity index (χ2n) is 4.90. The molecule has 0 bridgehead atoms. The SMILES string of the molecule is CC(C)(C)ONCc1c[nH]c2ccccc12. The number of aromatic amines is 1. The lowest BCUT2D eigenvalue weighted by Gasteiger charge is -2.19. The molecule has 0 fully saturated rings. The Labute approximate surface area is 95.8 Å².